The van der Waals surface area contributed by atoms with Crippen LogP contribution in [0.4, 0.5) is 5.95 Å². The van der Waals surface area contributed by atoms with E-state index in [9.17, 15) is 9.59 Å². The molecule has 172 valence electrons. The van der Waals surface area contributed by atoms with Crippen molar-refractivity contribution in [2.24, 2.45) is 14.1 Å². The van der Waals surface area contributed by atoms with Gasteiger partial charge in [-0.05, 0) is 30.7 Å². The first-order valence-electron chi connectivity index (χ1n) is 10.6. The molecule has 0 unspecified atom stereocenters. The molecule has 11 nitrogen and oxygen atoms in total. The molecular formula is C21H23ClN8O3. The van der Waals surface area contributed by atoms with E-state index >= 15 is 0 Å². The van der Waals surface area contributed by atoms with Crippen LogP contribution in [0.15, 0.2) is 32.2 Å². The largest absolute Gasteiger partial charge is 0.419 e. The molecule has 0 saturated carbocycles. The monoisotopic (exact) mass is 470 g/mol. The van der Waals surface area contributed by atoms with Gasteiger partial charge in [0.2, 0.25) is 17.7 Å². The van der Waals surface area contributed by atoms with Gasteiger partial charge >= 0.3 is 5.69 Å². The lowest BCUT2D eigenvalue weighted by Crippen LogP contribution is -2.44. The molecule has 1 saturated heterocycles. The van der Waals surface area contributed by atoms with E-state index in [0.29, 0.717) is 33.9 Å². The SMILES string of the molecule is Cc1cc(-c2nnc(Cn3c(N4CCNCC4)nc4c3c(=O)n(C)c(=O)n4C)o2)ccc1Cl. The van der Waals surface area contributed by atoms with E-state index in [-0.39, 0.29) is 6.54 Å². The topological polar surface area (TPSA) is 116 Å². The van der Waals surface area contributed by atoms with E-state index in [0.717, 1.165) is 41.9 Å². The summed E-state index contributed by atoms with van der Waals surface area (Å²) in [5.74, 6) is 1.27. The first-order valence-corrected chi connectivity index (χ1v) is 10.9. The van der Waals surface area contributed by atoms with E-state index in [1.54, 1.807) is 17.7 Å². The summed E-state index contributed by atoms with van der Waals surface area (Å²) in [6.07, 6.45) is 0. The molecule has 1 aliphatic rings. The average molecular weight is 471 g/mol. The third-order valence-electron chi connectivity index (χ3n) is 5.89. The van der Waals surface area contributed by atoms with Gasteiger partial charge in [-0.2, -0.15) is 4.98 Å². The highest BCUT2D eigenvalue weighted by Gasteiger charge is 2.25. The molecule has 5 rings (SSSR count). The van der Waals surface area contributed by atoms with Crippen molar-refractivity contribution in [2.45, 2.75) is 13.5 Å². The van der Waals surface area contributed by atoms with Gasteiger partial charge in [-0.15, -0.1) is 10.2 Å². The first kappa shape index (κ1) is 21.4. The molecule has 4 aromatic rings. The Morgan fingerprint density at radius 3 is 2.61 bits per heavy atom. The van der Waals surface area contributed by atoms with Crippen LogP contribution in [0.3, 0.4) is 0 Å². The Hall–Kier alpha value is -3.44. The third kappa shape index (κ3) is 3.62. The molecule has 1 aliphatic heterocycles. The smallest absolute Gasteiger partial charge is 0.332 e. The Bertz CT molecular complexity index is 1480. The van der Waals surface area contributed by atoms with Gasteiger partial charge in [-0.25, -0.2) is 4.79 Å². The highest BCUT2D eigenvalue weighted by atomic mass is 35.5. The minimum absolute atomic E-state index is 0.142. The van der Waals surface area contributed by atoms with Crippen LogP contribution in [0.25, 0.3) is 22.6 Å². The summed E-state index contributed by atoms with van der Waals surface area (Å²) in [4.78, 5) is 32.3. The van der Waals surface area contributed by atoms with Gasteiger partial charge in [0.15, 0.2) is 11.2 Å². The van der Waals surface area contributed by atoms with Gasteiger partial charge < -0.3 is 14.6 Å². The van der Waals surface area contributed by atoms with Gasteiger partial charge in [0.1, 0.15) is 6.54 Å². The fourth-order valence-corrected chi connectivity index (χ4v) is 4.16. The van der Waals surface area contributed by atoms with Crippen molar-refractivity contribution in [3.63, 3.8) is 0 Å². The molecule has 0 bridgehead atoms. The van der Waals surface area contributed by atoms with Crippen molar-refractivity contribution < 1.29 is 4.42 Å². The number of imidazole rings is 1. The third-order valence-corrected chi connectivity index (χ3v) is 6.32. The molecule has 33 heavy (non-hydrogen) atoms. The van der Waals surface area contributed by atoms with Crippen molar-refractivity contribution in [1.82, 2.24) is 34.2 Å². The number of nitrogens with one attached hydrogen (secondary N) is 1. The fraction of sp³-hybridized carbons (Fsp3) is 0.381. The lowest BCUT2D eigenvalue weighted by atomic mass is 10.1. The van der Waals surface area contributed by atoms with Crippen LogP contribution >= 0.6 is 11.6 Å². The van der Waals surface area contributed by atoms with Crippen molar-refractivity contribution in [2.75, 3.05) is 31.1 Å². The van der Waals surface area contributed by atoms with E-state index in [2.05, 4.69) is 25.4 Å². The van der Waals surface area contributed by atoms with Gasteiger partial charge in [-0.1, -0.05) is 11.6 Å². The summed E-state index contributed by atoms with van der Waals surface area (Å²) in [6, 6.07) is 5.48. The molecule has 0 atom stereocenters. The molecule has 1 fully saturated rings. The number of aromatic nitrogens is 6. The number of hydrogen-bond donors (Lipinski definition) is 1. The fourth-order valence-electron chi connectivity index (χ4n) is 4.04. The number of halogens is 1. The number of piperazine rings is 1. The normalized spacial score (nSPS) is 14.4. The van der Waals surface area contributed by atoms with Crippen molar-refractivity contribution in [1.29, 1.82) is 0 Å². The van der Waals surface area contributed by atoms with Crippen LogP contribution < -0.4 is 21.5 Å². The van der Waals surface area contributed by atoms with E-state index in [1.165, 1.54) is 11.6 Å². The maximum absolute atomic E-state index is 13.1. The van der Waals surface area contributed by atoms with Crippen molar-refractivity contribution in [3.8, 4) is 11.5 Å². The zero-order valence-corrected chi connectivity index (χ0v) is 19.3. The molecule has 0 amide bonds. The zero-order chi connectivity index (χ0) is 23.3. The minimum atomic E-state index is -0.429. The maximum atomic E-state index is 13.1. The van der Waals surface area contributed by atoms with Gasteiger partial charge in [-0.3, -0.25) is 18.5 Å². The number of anilines is 1. The van der Waals surface area contributed by atoms with Crippen LogP contribution in [0.2, 0.25) is 5.02 Å². The standard InChI is InChI=1S/C21H23ClN8O3/c1-12-10-13(4-5-14(12)22)18-26-25-15(33-18)11-30-16-17(27(2)21(32)28(3)19(16)31)24-20(30)29-8-6-23-7-9-29/h4-5,10,23H,6-9,11H2,1-3H3. The summed E-state index contributed by atoms with van der Waals surface area (Å²) >= 11 is 6.12. The Morgan fingerprint density at radius 2 is 1.88 bits per heavy atom. The van der Waals surface area contributed by atoms with Crippen molar-refractivity contribution in [3.05, 3.63) is 55.5 Å². The summed E-state index contributed by atoms with van der Waals surface area (Å²) in [5, 5.41) is 12.3. The minimum Gasteiger partial charge on any atom is -0.419 e. The number of benzene rings is 1. The van der Waals surface area contributed by atoms with Gasteiger partial charge in [0, 0.05) is 50.9 Å². The summed E-state index contributed by atoms with van der Waals surface area (Å²) < 4.78 is 10.2. The van der Waals surface area contributed by atoms with E-state index in [1.807, 2.05) is 19.1 Å². The van der Waals surface area contributed by atoms with Gasteiger partial charge in [0.05, 0.1) is 0 Å². The molecular weight excluding hydrogens is 448 g/mol. The first-order chi connectivity index (χ1) is 15.8. The molecule has 3 aromatic heterocycles. The number of nitrogens with zero attached hydrogens (tertiary/aromatic N) is 7. The molecule has 12 heteroatoms. The Labute approximate surface area is 193 Å². The van der Waals surface area contributed by atoms with E-state index in [4.69, 9.17) is 16.0 Å². The van der Waals surface area contributed by atoms with Crippen LogP contribution in [-0.2, 0) is 20.6 Å². The van der Waals surface area contributed by atoms with Crippen molar-refractivity contribution >= 4 is 28.7 Å². The molecule has 0 spiro atoms. The highest BCUT2D eigenvalue weighted by molar-refractivity contribution is 6.31. The molecule has 4 heterocycles. The van der Waals surface area contributed by atoms with Gasteiger partial charge in [0.25, 0.3) is 5.56 Å². The molecule has 0 radical (unpaired) electrons. The molecule has 1 aromatic carbocycles. The average Bonchev–Trinajstić information content (AvgIpc) is 3.44. The second kappa shape index (κ2) is 8.16. The maximum Gasteiger partial charge on any atom is 0.332 e. The summed E-state index contributed by atoms with van der Waals surface area (Å²) in [6.45, 7) is 5.07. The lowest BCUT2D eigenvalue weighted by Gasteiger charge is -2.28. The second-order valence-corrected chi connectivity index (χ2v) is 8.49. The summed E-state index contributed by atoms with van der Waals surface area (Å²) in [7, 11) is 3.07. The second-order valence-electron chi connectivity index (χ2n) is 8.08. The Kier molecular flexibility index (Phi) is 5.29. The molecule has 1 N–H and O–H groups in total. The quantitative estimate of drug-likeness (QED) is 0.467. The number of aryl methyl sites for hydroxylation is 2. The number of rotatable bonds is 4. The Balaban J connectivity index is 1.62. The van der Waals surface area contributed by atoms with Crippen LogP contribution in [-0.4, -0.2) is 55.1 Å². The Morgan fingerprint density at radius 1 is 1.12 bits per heavy atom. The van der Waals surface area contributed by atoms with Crippen LogP contribution in [0, 0.1) is 6.92 Å². The zero-order valence-electron chi connectivity index (χ0n) is 18.5. The summed E-state index contributed by atoms with van der Waals surface area (Å²) in [5.41, 5.74) is 1.45. The predicted molar refractivity (Wildman–Crippen MR) is 124 cm³/mol. The van der Waals surface area contributed by atoms with E-state index < -0.39 is 11.2 Å². The number of fused-ring (bicyclic) bond motifs is 1. The molecule has 0 aliphatic carbocycles. The van der Waals surface area contributed by atoms with Crippen LogP contribution in [0.5, 0.6) is 0 Å². The number of hydrogen-bond acceptors (Lipinski definition) is 8. The highest BCUT2D eigenvalue weighted by Crippen LogP contribution is 2.25. The van der Waals surface area contributed by atoms with Crippen LogP contribution in [0.1, 0.15) is 11.5 Å². The predicted octanol–water partition coefficient (Wildman–Crippen LogP) is 0.903. The lowest BCUT2D eigenvalue weighted by molar-refractivity contribution is 0.487.